The van der Waals surface area contributed by atoms with E-state index in [1.54, 1.807) is 12.1 Å². The Hall–Kier alpha value is -1.20. The summed E-state index contributed by atoms with van der Waals surface area (Å²) in [5, 5.41) is 11.1. The third kappa shape index (κ3) is 5.93. The zero-order valence-corrected chi connectivity index (χ0v) is 10.6. The predicted molar refractivity (Wildman–Crippen MR) is 66.7 cm³/mol. The minimum atomic E-state index is -4.21. The lowest BCUT2D eigenvalue weighted by Gasteiger charge is -2.28. The molecule has 0 radical (unpaired) electrons. The molecule has 0 bridgehead atoms. The van der Waals surface area contributed by atoms with Crippen molar-refractivity contribution in [3.63, 3.8) is 0 Å². The average molecular weight is 272 g/mol. The molecule has 0 aliphatic carbocycles. The molecule has 1 aromatic carbocycles. The summed E-state index contributed by atoms with van der Waals surface area (Å²) in [6, 6.07) is 9.05. The number of hydrogen-bond donors (Lipinski definition) is 2. The molecule has 0 aromatic heterocycles. The van der Waals surface area contributed by atoms with Crippen LogP contribution in [0.1, 0.15) is 5.56 Å². The fourth-order valence-corrected chi connectivity index (χ4v) is 2.69. The van der Waals surface area contributed by atoms with Gasteiger partial charge in [0.05, 0.1) is 6.16 Å². The Balaban J connectivity index is 2.71. The zero-order chi connectivity index (χ0) is 13.6. The maximum Gasteiger partial charge on any atom is 0.325 e. The summed E-state index contributed by atoms with van der Waals surface area (Å²) in [5.74, 6) is -0.559. The van der Waals surface area contributed by atoms with Gasteiger partial charge < -0.3 is 20.1 Å². The van der Waals surface area contributed by atoms with Crippen LogP contribution >= 0.6 is 7.60 Å². The number of amides is 1. The van der Waals surface area contributed by atoms with Crippen molar-refractivity contribution >= 4 is 14.0 Å². The van der Waals surface area contributed by atoms with Crippen molar-refractivity contribution in [2.24, 2.45) is 5.92 Å². The van der Waals surface area contributed by atoms with E-state index in [0.29, 0.717) is 6.42 Å². The Morgan fingerprint density at radius 3 is 2.44 bits per heavy atom. The van der Waals surface area contributed by atoms with Gasteiger partial charge in [0.25, 0.3) is 0 Å². The topological polar surface area (TPSA) is 101 Å². The number of hydroxylamine groups is 2. The molecule has 0 heterocycles. The van der Waals surface area contributed by atoms with E-state index >= 15 is 0 Å². The molecule has 1 aromatic rings. The van der Waals surface area contributed by atoms with Crippen LogP contribution in [0, 0.1) is 11.1 Å². The summed E-state index contributed by atoms with van der Waals surface area (Å²) in [4.78, 5) is 28.2. The first-order chi connectivity index (χ1) is 8.40. The van der Waals surface area contributed by atoms with Crippen molar-refractivity contribution in [3.05, 3.63) is 41.1 Å². The molecule has 2 N–H and O–H groups in total. The molecule has 0 saturated heterocycles. The van der Waals surface area contributed by atoms with E-state index in [2.05, 4.69) is 0 Å². The van der Waals surface area contributed by atoms with Crippen LogP contribution in [0.15, 0.2) is 30.3 Å². The highest BCUT2D eigenvalue weighted by molar-refractivity contribution is 7.51. The fraction of sp³-hybridized carbons (Fsp3) is 0.364. The van der Waals surface area contributed by atoms with Gasteiger partial charge in [0.15, 0.2) is 6.41 Å². The number of rotatable bonds is 7. The normalized spacial score (nSPS) is 13.1. The van der Waals surface area contributed by atoms with E-state index in [1.807, 2.05) is 18.2 Å². The number of nitrogens with zero attached hydrogens (tertiary/aromatic N) is 1. The van der Waals surface area contributed by atoms with Crippen LogP contribution in [0.4, 0.5) is 0 Å². The summed E-state index contributed by atoms with van der Waals surface area (Å²) in [5.41, 5.74) is 0.871. The van der Waals surface area contributed by atoms with E-state index in [-0.39, 0.29) is 18.0 Å². The van der Waals surface area contributed by atoms with Gasteiger partial charge in [-0.2, -0.15) is 0 Å². The quantitative estimate of drug-likeness (QED) is 0.437. The molecule has 0 aliphatic heterocycles. The molecule has 1 unspecified atom stereocenters. The summed E-state index contributed by atoms with van der Waals surface area (Å²) in [6.45, 7) is -0.219. The van der Waals surface area contributed by atoms with Gasteiger partial charge in [0, 0.05) is 6.54 Å². The van der Waals surface area contributed by atoms with Crippen LogP contribution in [0.2, 0.25) is 0 Å². The van der Waals surface area contributed by atoms with E-state index in [0.717, 1.165) is 5.56 Å². The standard InChI is InChI=1S/C11H15NO5P/c13-9-12(14)7-11(8-18(15,16)17)6-10-4-2-1-3-5-10/h1-5,9,11H,6-8H2,(H2,15,16,17)/q-1. The maximum absolute atomic E-state index is 11.0. The number of carbonyl (C=O) groups is 1. The molecular formula is C11H15NO5P-. The molecule has 7 heteroatoms. The number of hydrogen-bond acceptors (Lipinski definition) is 3. The third-order valence-electron chi connectivity index (χ3n) is 2.42. The number of carbonyl (C=O) groups excluding carboxylic acids is 1. The molecule has 1 amide bonds. The Morgan fingerprint density at radius 1 is 1.33 bits per heavy atom. The van der Waals surface area contributed by atoms with Crippen LogP contribution in [0.25, 0.3) is 0 Å². The highest BCUT2D eigenvalue weighted by Crippen LogP contribution is 2.37. The van der Waals surface area contributed by atoms with Crippen molar-refractivity contribution in [3.8, 4) is 0 Å². The van der Waals surface area contributed by atoms with Crippen LogP contribution in [-0.2, 0) is 15.8 Å². The Kier molecular flexibility index (Phi) is 5.50. The Labute approximate surface area is 105 Å². The summed E-state index contributed by atoms with van der Waals surface area (Å²) in [6.07, 6.45) is 0.0463. The first-order valence-corrected chi connectivity index (χ1v) is 7.18. The highest BCUT2D eigenvalue weighted by atomic mass is 31.2. The second-order valence-electron chi connectivity index (χ2n) is 4.11. The molecule has 0 saturated carbocycles. The second-order valence-corrected chi connectivity index (χ2v) is 5.80. The molecular weight excluding hydrogens is 257 g/mol. The van der Waals surface area contributed by atoms with Crippen molar-refractivity contribution in [2.45, 2.75) is 6.42 Å². The number of benzene rings is 1. The highest BCUT2D eigenvalue weighted by Gasteiger charge is 2.22. The molecule has 0 fully saturated rings. The average Bonchev–Trinajstić information content (AvgIpc) is 2.27. The zero-order valence-electron chi connectivity index (χ0n) is 9.68. The third-order valence-corrected chi connectivity index (χ3v) is 3.41. The van der Waals surface area contributed by atoms with Crippen LogP contribution in [0.5, 0.6) is 0 Å². The molecule has 100 valence electrons. The van der Waals surface area contributed by atoms with Crippen LogP contribution < -0.4 is 0 Å². The smallest absolute Gasteiger partial charge is 0.325 e. The van der Waals surface area contributed by atoms with Crippen LogP contribution in [-0.4, -0.2) is 34.0 Å². The lowest BCUT2D eigenvalue weighted by atomic mass is 10.0. The summed E-state index contributed by atoms with van der Waals surface area (Å²) >= 11 is 0. The molecule has 18 heavy (non-hydrogen) atoms. The van der Waals surface area contributed by atoms with Gasteiger partial charge in [-0.15, -0.1) is 0 Å². The fourth-order valence-electron chi connectivity index (χ4n) is 1.77. The van der Waals surface area contributed by atoms with Gasteiger partial charge in [-0.1, -0.05) is 30.3 Å². The first-order valence-electron chi connectivity index (χ1n) is 5.38. The van der Waals surface area contributed by atoms with Gasteiger partial charge >= 0.3 is 7.60 Å². The van der Waals surface area contributed by atoms with Gasteiger partial charge in [-0.25, -0.2) is 0 Å². The molecule has 6 nitrogen and oxygen atoms in total. The first kappa shape index (κ1) is 14.9. The van der Waals surface area contributed by atoms with Crippen molar-refractivity contribution in [1.82, 2.24) is 5.06 Å². The molecule has 1 rings (SSSR count). The second kappa shape index (κ2) is 6.66. The predicted octanol–water partition coefficient (Wildman–Crippen LogP) is 0.979. The van der Waals surface area contributed by atoms with Crippen molar-refractivity contribution < 1.29 is 19.1 Å². The maximum atomic E-state index is 11.0. The van der Waals surface area contributed by atoms with Crippen molar-refractivity contribution in [1.29, 1.82) is 0 Å². The van der Waals surface area contributed by atoms with Gasteiger partial charge in [-0.05, 0) is 17.9 Å². The van der Waals surface area contributed by atoms with Crippen molar-refractivity contribution in [2.75, 3.05) is 12.7 Å². The summed E-state index contributed by atoms with van der Waals surface area (Å²) in [7, 11) is -4.21. The van der Waals surface area contributed by atoms with E-state index in [1.165, 1.54) is 0 Å². The largest absolute Gasteiger partial charge is 0.756 e. The monoisotopic (exact) mass is 272 g/mol. The molecule has 0 spiro atoms. The van der Waals surface area contributed by atoms with E-state index in [9.17, 15) is 14.6 Å². The molecule has 0 aliphatic rings. The van der Waals surface area contributed by atoms with Gasteiger partial charge in [0.1, 0.15) is 0 Å². The minimum absolute atomic E-state index is 0.109. The van der Waals surface area contributed by atoms with Crippen LogP contribution in [0.3, 0.4) is 0 Å². The lowest BCUT2D eigenvalue weighted by molar-refractivity contribution is -0.116. The minimum Gasteiger partial charge on any atom is -0.756 e. The lowest BCUT2D eigenvalue weighted by Crippen LogP contribution is -2.26. The Bertz CT molecular complexity index is 419. The Morgan fingerprint density at radius 2 is 1.94 bits per heavy atom. The van der Waals surface area contributed by atoms with Gasteiger partial charge in [0.2, 0.25) is 0 Å². The van der Waals surface area contributed by atoms with E-state index in [4.69, 9.17) is 9.79 Å². The van der Waals surface area contributed by atoms with Gasteiger partial charge in [-0.3, -0.25) is 9.36 Å². The summed E-state index contributed by atoms with van der Waals surface area (Å²) < 4.78 is 11.0. The van der Waals surface area contributed by atoms with E-state index < -0.39 is 19.7 Å². The molecule has 1 atom stereocenters. The SMILES string of the molecule is O=CN([O-])CC(Cc1ccccc1)CP(=O)(O)O.